The molecule has 2 saturated carbocycles. The third-order valence-electron chi connectivity index (χ3n) is 6.73. The van der Waals surface area contributed by atoms with Crippen molar-refractivity contribution in [2.45, 2.75) is 51.4 Å². The number of halogens is 1. The molecular weight excluding hydrogens is 284 g/mol. The van der Waals surface area contributed by atoms with Gasteiger partial charge in [-0.1, -0.05) is 25.7 Å². The summed E-state index contributed by atoms with van der Waals surface area (Å²) in [5.41, 5.74) is -0.0221. The topological polar surface area (TPSA) is 32.3 Å². The third-order valence-corrected chi connectivity index (χ3v) is 6.73. The van der Waals surface area contributed by atoms with E-state index < -0.39 is 0 Å². The molecule has 1 amide bonds. The lowest BCUT2D eigenvalue weighted by molar-refractivity contribution is -0.144. The van der Waals surface area contributed by atoms with Gasteiger partial charge in [-0.15, -0.1) is 12.4 Å². The molecular formula is C17H29ClN2O. The van der Waals surface area contributed by atoms with Gasteiger partial charge in [0, 0.05) is 19.6 Å². The molecule has 0 aromatic rings. The maximum Gasteiger partial charge on any atom is 0.230 e. The Hall–Kier alpha value is -0.280. The van der Waals surface area contributed by atoms with Crippen molar-refractivity contribution in [1.29, 1.82) is 0 Å². The number of likely N-dealkylation sites (tertiary alicyclic amines) is 1. The number of rotatable bonds is 1. The van der Waals surface area contributed by atoms with Crippen LogP contribution in [0.25, 0.3) is 0 Å². The summed E-state index contributed by atoms with van der Waals surface area (Å²) in [6, 6.07) is 0. The van der Waals surface area contributed by atoms with E-state index in [4.69, 9.17) is 0 Å². The normalized spacial score (nSPS) is 42.1. The van der Waals surface area contributed by atoms with Crippen molar-refractivity contribution in [3.05, 3.63) is 0 Å². The Balaban J connectivity index is 0.00000132. The second-order valence-corrected chi connectivity index (χ2v) is 7.74. The van der Waals surface area contributed by atoms with Gasteiger partial charge in [-0.3, -0.25) is 4.79 Å². The molecule has 2 heterocycles. The second-order valence-electron chi connectivity index (χ2n) is 7.74. The number of carbonyl (C=O) groups is 1. The van der Waals surface area contributed by atoms with Crippen LogP contribution < -0.4 is 5.32 Å². The summed E-state index contributed by atoms with van der Waals surface area (Å²) in [5.74, 6) is 2.77. The number of amides is 1. The monoisotopic (exact) mass is 312 g/mol. The van der Waals surface area contributed by atoms with Crippen molar-refractivity contribution in [2.75, 3.05) is 26.2 Å². The first-order valence-corrected chi connectivity index (χ1v) is 8.80. The van der Waals surface area contributed by atoms with Crippen LogP contribution in [0.5, 0.6) is 0 Å². The van der Waals surface area contributed by atoms with Crippen LogP contribution >= 0.6 is 12.4 Å². The lowest BCUT2D eigenvalue weighted by Gasteiger charge is -2.40. The summed E-state index contributed by atoms with van der Waals surface area (Å²) in [6.07, 6.45) is 10.5. The molecule has 0 spiro atoms. The molecule has 120 valence electrons. The van der Waals surface area contributed by atoms with E-state index in [0.29, 0.717) is 11.8 Å². The number of nitrogens with zero attached hydrogens (tertiary/aromatic N) is 1. The Morgan fingerprint density at radius 1 is 1.00 bits per heavy atom. The molecule has 0 aromatic heterocycles. The highest BCUT2D eigenvalue weighted by molar-refractivity contribution is 5.85. The molecule has 3 nitrogen and oxygen atoms in total. The minimum absolute atomic E-state index is 0. The van der Waals surface area contributed by atoms with Crippen molar-refractivity contribution in [3.63, 3.8) is 0 Å². The van der Waals surface area contributed by atoms with Crippen LogP contribution in [0.1, 0.15) is 51.4 Å². The van der Waals surface area contributed by atoms with Crippen LogP contribution in [0.2, 0.25) is 0 Å². The van der Waals surface area contributed by atoms with Crippen LogP contribution in [0.15, 0.2) is 0 Å². The third kappa shape index (κ3) is 2.50. The Morgan fingerprint density at radius 2 is 1.67 bits per heavy atom. The van der Waals surface area contributed by atoms with Gasteiger partial charge in [0.2, 0.25) is 5.91 Å². The molecule has 1 N–H and O–H groups in total. The predicted octanol–water partition coefficient (Wildman–Crippen LogP) is 2.84. The maximum absolute atomic E-state index is 13.2. The van der Waals surface area contributed by atoms with E-state index in [1.165, 1.54) is 44.9 Å². The van der Waals surface area contributed by atoms with Crippen molar-refractivity contribution in [2.24, 2.45) is 23.2 Å². The van der Waals surface area contributed by atoms with Gasteiger partial charge < -0.3 is 10.2 Å². The van der Waals surface area contributed by atoms with E-state index in [1.54, 1.807) is 0 Å². The number of nitrogens with one attached hydrogen (secondary N) is 1. The Kier molecular flexibility index (Phi) is 4.52. The number of fused-ring (bicyclic) bond motifs is 2. The number of hydrogen-bond donors (Lipinski definition) is 1. The largest absolute Gasteiger partial charge is 0.342 e. The van der Waals surface area contributed by atoms with E-state index in [9.17, 15) is 4.79 Å². The molecule has 0 radical (unpaired) electrons. The first-order valence-electron chi connectivity index (χ1n) is 8.80. The predicted molar refractivity (Wildman–Crippen MR) is 86.5 cm³/mol. The first-order chi connectivity index (χ1) is 9.79. The second kappa shape index (κ2) is 6.08. The standard InChI is InChI=1S/C17H28N2O.ClH/c20-16(17-8-4-3-7-15(17)9-18-12-17)19-10-13-5-1-2-6-14(13)11-19;/h13-15,18H,1-12H2;1H/t13?,14?,15-,17+;/m0./s1. The summed E-state index contributed by atoms with van der Waals surface area (Å²) in [6.45, 7) is 4.16. The molecule has 4 fully saturated rings. The van der Waals surface area contributed by atoms with Gasteiger partial charge in [0.05, 0.1) is 5.41 Å². The minimum Gasteiger partial charge on any atom is -0.342 e. The van der Waals surface area contributed by atoms with E-state index >= 15 is 0 Å². The lowest BCUT2D eigenvalue weighted by atomic mass is 9.67. The van der Waals surface area contributed by atoms with Crippen LogP contribution in [0, 0.1) is 23.2 Å². The summed E-state index contributed by atoms with van der Waals surface area (Å²) in [4.78, 5) is 15.5. The number of carbonyl (C=O) groups excluding carboxylic acids is 1. The van der Waals surface area contributed by atoms with Crippen molar-refractivity contribution in [3.8, 4) is 0 Å². The van der Waals surface area contributed by atoms with Crippen molar-refractivity contribution in [1.82, 2.24) is 10.2 Å². The highest BCUT2D eigenvalue weighted by Crippen LogP contribution is 2.47. The van der Waals surface area contributed by atoms with Gasteiger partial charge in [-0.2, -0.15) is 0 Å². The Bertz CT molecular complexity index is 388. The molecule has 4 aliphatic rings. The molecule has 0 bridgehead atoms. The zero-order valence-electron chi connectivity index (χ0n) is 13.0. The molecule has 4 heteroatoms. The van der Waals surface area contributed by atoms with Crippen molar-refractivity contribution >= 4 is 18.3 Å². The molecule has 2 saturated heterocycles. The van der Waals surface area contributed by atoms with E-state index in [2.05, 4.69) is 10.2 Å². The van der Waals surface area contributed by atoms with Gasteiger partial charge in [0.25, 0.3) is 0 Å². The maximum atomic E-state index is 13.2. The zero-order valence-corrected chi connectivity index (χ0v) is 13.8. The van der Waals surface area contributed by atoms with Gasteiger partial charge in [0.15, 0.2) is 0 Å². The van der Waals surface area contributed by atoms with Gasteiger partial charge in [-0.25, -0.2) is 0 Å². The Morgan fingerprint density at radius 3 is 2.38 bits per heavy atom. The van der Waals surface area contributed by atoms with E-state index in [1.807, 2.05) is 0 Å². The van der Waals surface area contributed by atoms with Crippen LogP contribution in [0.3, 0.4) is 0 Å². The molecule has 21 heavy (non-hydrogen) atoms. The molecule has 2 aliphatic carbocycles. The highest BCUT2D eigenvalue weighted by Gasteiger charge is 2.52. The molecule has 2 unspecified atom stereocenters. The van der Waals surface area contributed by atoms with E-state index in [0.717, 1.165) is 44.4 Å². The van der Waals surface area contributed by atoms with Crippen molar-refractivity contribution < 1.29 is 4.79 Å². The SMILES string of the molecule is Cl.O=C(N1CC2CCCCC2C1)[C@@]12CCCC[C@H]1CNC2. The van der Waals surface area contributed by atoms with Crippen LogP contribution in [-0.4, -0.2) is 37.0 Å². The summed E-state index contributed by atoms with van der Waals surface area (Å²) in [7, 11) is 0. The summed E-state index contributed by atoms with van der Waals surface area (Å²) < 4.78 is 0. The fourth-order valence-electron chi connectivity index (χ4n) is 5.55. The molecule has 2 aliphatic heterocycles. The average molecular weight is 313 g/mol. The van der Waals surface area contributed by atoms with Crippen LogP contribution in [-0.2, 0) is 4.79 Å². The molecule has 0 aromatic carbocycles. The quantitative estimate of drug-likeness (QED) is 0.807. The van der Waals surface area contributed by atoms with Crippen LogP contribution in [0.4, 0.5) is 0 Å². The van der Waals surface area contributed by atoms with Gasteiger partial charge in [0.1, 0.15) is 0 Å². The first kappa shape index (κ1) is 15.6. The van der Waals surface area contributed by atoms with Gasteiger partial charge in [-0.05, 0) is 50.0 Å². The van der Waals surface area contributed by atoms with Gasteiger partial charge >= 0.3 is 0 Å². The zero-order chi connectivity index (χ0) is 13.6. The summed E-state index contributed by atoms with van der Waals surface area (Å²) in [5, 5.41) is 3.52. The average Bonchev–Trinajstić information content (AvgIpc) is 3.10. The smallest absolute Gasteiger partial charge is 0.230 e. The summed E-state index contributed by atoms with van der Waals surface area (Å²) >= 11 is 0. The fraction of sp³-hybridized carbons (Fsp3) is 0.941. The fourth-order valence-corrected chi connectivity index (χ4v) is 5.55. The number of hydrogen-bond acceptors (Lipinski definition) is 2. The Labute approximate surface area is 134 Å². The minimum atomic E-state index is -0.0221. The lowest BCUT2D eigenvalue weighted by Crippen LogP contribution is -2.49. The molecule has 4 atom stereocenters. The molecule has 4 rings (SSSR count). The highest BCUT2D eigenvalue weighted by atomic mass is 35.5. The van der Waals surface area contributed by atoms with E-state index in [-0.39, 0.29) is 17.8 Å².